The van der Waals surface area contributed by atoms with E-state index in [4.69, 9.17) is 0 Å². The van der Waals surface area contributed by atoms with E-state index in [0.29, 0.717) is 6.67 Å². The third-order valence-electron chi connectivity index (χ3n) is 0.636. The average molecular weight is 128 g/mol. The monoisotopic (exact) mass is 128 g/mol. The third-order valence-corrected chi connectivity index (χ3v) is 0.636. The van der Waals surface area contributed by atoms with Gasteiger partial charge in [-0.2, -0.15) is 0 Å². The highest BCUT2D eigenvalue weighted by molar-refractivity contribution is 5.53. The van der Waals surface area contributed by atoms with Crippen LogP contribution in [0.25, 0.3) is 0 Å². The normalized spacial score (nSPS) is 10.1. The van der Waals surface area contributed by atoms with Crippen LogP contribution in [0.5, 0.6) is 0 Å². The van der Waals surface area contributed by atoms with E-state index in [9.17, 15) is 0 Å². The summed E-state index contributed by atoms with van der Waals surface area (Å²) in [6.07, 6.45) is 1.77. The summed E-state index contributed by atoms with van der Waals surface area (Å²) >= 11 is 0. The van der Waals surface area contributed by atoms with Crippen LogP contribution >= 0.6 is 0 Å². The van der Waals surface area contributed by atoms with Crippen molar-refractivity contribution in [1.82, 2.24) is 4.90 Å². The second-order valence-electron chi connectivity index (χ2n) is 2.26. The van der Waals surface area contributed by atoms with Crippen LogP contribution in [-0.4, -0.2) is 50.3 Å². The maximum Gasteiger partial charge on any atom is 0.236 e. The smallest absolute Gasteiger partial charge is 0.236 e. The van der Waals surface area contributed by atoms with E-state index in [0.717, 1.165) is 0 Å². The molecule has 0 rings (SSSR count). The highest BCUT2D eigenvalue weighted by Gasteiger charge is 1.82. The van der Waals surface area contributed by atoms with Gasteiger partial charge < -0.3 is 4.90 Å². The van der Waals surface area contributed by atoms with Gasteiger partial charge in [-0.15, -0.1) is 0 Å². The molecule has 0 aromatic heterocycles. The molecule has 0 saturated carbocycles. The largest absolute Gasteiger partial charge is 0.369 e. The van der Waals surface area contributed by atoms with Crippen LogP contribution < -0.4 is 0 Å². The fraction of sp³-hybridized carbons (Fsp3) is 0.667. The summed E-state index contributed by atoms with van der Waals surface area (Å²) in [4.78, 5) is 5.93. The lowest BCUT2D eigenvalue weighted by molar-refractivity contribution is -0.486. The summed E-state index contributed by atoms with van der Waals surface area (Å²) in [5.74, 6) is 0. The average Bonchev–Trinajstić information content (AvgIpc) is 1.63. The molecule has 0 aliphatic rings. The molecule has 0 aliphatic heterocycles. The molecule has 0 radical (unpaired) electrons. The van der Waals surface area contributed by atoms with E-state index in [1.165, 1.54) is 0 Å². The van der Waals surface area contributed by atoms with Crippen molar-refractivity contribution in [2.45, 2.75) is 0 Å². The number of hydrogen-bond acceptors (Lipinski definition) is 1. The van der Waals surface area contributed by atoms with Crippen LogP contribution in [0, 0.1) is 0 Å². The first kappa shape index (κ1) is 8.14. The molecule has 0 aliphatic carbocycles. The van der Waals surface area contributed by atoms with Gasteiger partial charge in [-0.25, -0.2) is 9.57 Å². The lowest BCUT2D eigenvalue weighted by Crippen LogP contribution is -2.10. The predicted molar refractivity (Wildman–Crippen MR) is 40.4 cm³/mol. The summed E-state index contributed by atoms with van der Waals surface area (Å²) < 4.78 is 1.76. The van der Waals surface area contributed by atoms with E-state index < -0.39 is 0 Å². The Hall–Kier alpha value is -0.860. The van der Waals surface area contributed by atoms with Crippen molar-refractivity contribution in [2.24, 2.45) is 4.99 Å². The van der Waals surface area contributed by atoms with Crippen LogP contribution in [0.4, 0.5) is 0 Å². The molecule has 0 bridgehead atoms. The van der Waals surface area contributed by atoms with Crippen molar-refractivity contribution in [3.8, 4) is 0 Å². The minimum Gasteiger partial charge on any atom is -0.369 e. The SMILES string of the molecule is C=[N+](C)CN=CN(C)C. The number of nitrogens with zero attached hydrogens (tertiary/aromatic N) is 3. The highest BCUT2D eigenvalue weighted by atomic mass is 15.1. The van der Waals surface area contributed by atoms with Crippen molar-refractivity contribution in [1.29, 1.82) is 0 Å². The highest BCUT2D eigenvalue weighted by Crippen LogP contribution is 1.68. The zero-order valence-electron chi connectivity index (χ0n) is 6.33. The van der Waals surface area contributed by atoms with E-state index in [-0.39, 0.29) is 0 Å². The van der Waals surface area contributed by atoms with Crippen LogP contribution in [0.15, 0.2) is 4.99 Å². The number of hydrogen-bond donors (Lipinski definition) is 0. The predicted octanol–water partition coefficient (Wildman–Crippen LogP) is -0.123. The Morgan fingerprint density at radius 3 is 2.56 bits per heavy atom. The Labute approximate surface area is 56.3 Å². The Morgan fingerprint density at radius 1 is 1.67 bits per heavy atom. The molecule has 0 aromatic rings. The molecule has 3 heteroatoms. The molecule has 9 heavy (non-hydrogen) atoms. The molecule has 0 atom stereocenters. The van der Waals surface area contributed by atoms with Gasteiger partial charge in [-0.1, -0.05) is 0 Å². The number of aliphatic imine (C=N–C) groups is 1. The van der Waals surface area contributed by atoms with E-state index in [1.54, 1.807) is 10.9 Å². The molecular weight excluding hydrogens is 114 g/mol. The molecule has 3 nitrogen and oxygen atoms in total. The quantitative estimate of drug-likeness (QED) is 0.294. The Bertz CT molecular complexity index is 115. The first-order chi connectivity index (χ1) is 4.13. The molecule has 0 fully saturated rings. The topological polar surface area (TPSA) is 18.6 Å². The summed E-state index contributed by atoms with van der Waals surface area (Å²) in [5, 5.41) is 0. The van der Waals surface area contributed by atoms with Crippen LogP contribution in [0.3, 0.4) is 0 Å². The van der Waals surface area contributed by atoms with Crippen molar-refractivity contribution >= 4 is 13.1 Å². The summed E-state index contributed by atoms with van der Waals surface area (Å²) in [6, 6.07) is 0. The van der Waals surface area contributed by atoms with Crippen molar-refractivity contribution < 1.29 is 4.58 Å². The summed E-state index contributed by atoms with van der Waals surface area (Å²) in [6.45, 7) is 4.29. The zero-order chi connectivity index (χ0) is 7.28. The fourth-order valence-corrected chi connectivity index (χ4v) is 0.339. The molecule has 0 heterocycles. The summed E-state index contributed by atoms with van der Waals surface area (Å²) in [5.41, 5.74) is 0. The van der Waals surface area contributed by atoms with Crippen molar-refractivity contribution in [2.75, 3.05) is 27.8 Å². The molecule has 0 aromatic carbocycles. The molecule has 52 valence electrons. The molecule has 0 unspecified atom stereocenters. The van der Waals surface area contributed by atoms with Crippen LogP contribution in [-0.2, 0) is 0 Å². The maximum absolute atomic E-state index is 4.03. The lowest BCUT2D eigenvalue weighted by Gasteiger charge is -1.99. The van der Waals surface area contributed by atoms with Crippen molar-refractivity contribution in [3.63, 3.8) is 0 Å². The molecule has 0 spiro atoms. The third kappa shape index (κ3) is 7.14. The molecule has 0 N–H and O–H groups in total. The Kier molecular flexibility index (Phi) is 3.67. The lowest BCUT2D eigenvalue weighted by atomic mass is 10.9. The first-order valence-electron chi connectivity index (χ1n) is 2.81. The molecule has 0 amide bonds. The van der Waals surface area contributed by atoms with E-state index >= 15 is 0 Å². The van der Waals surface area contributed by atoms with Crippen LogP contribution in [0.2, 0.25) is 0 Å². The Morgan fingerprint density at radius 2 is 2.22 bits per heavy atom. The first-order valence-corrected chi connectivity index (χ1v) is 2.81. The zero-order valence-corrected chi connectivity index (χ0v) is 6.33. The standard InChI is InChI=1S/C6H14N3/c1-8(2)5-7-6-9(3)4/h6H,1,5H2,2-4H3/q+1. The summed E-state index contributed by atoms with van der Waals surface area (Å²) in [7, 11) is 5.76. The number of rotatable bonds is 3. The fourth-order valence-electron chi connectivity index (χ4n) is 0.339. The minimum atomic E-state index is 0.651. The van der Waals surface area contributed by atoms with Crippen molar-refractivity contribution in [3.05, 3.63) is 0 Å². The van der Waals surface area contributed by atoms with Gasteiger partial charge in [0.25, 0.3) is 0 Å². The second kappa shape index (κ2) is 4.06. The van der Waals surface area contributed by atoms with Gasteiger partial charge in [0.2, 0.25) is 6.67 Å². The van der Waals surface area contributed by atoms with Gasteiger partial charge in [0, 0.05) is 14.1 Å². The molecule has 0 saturated heterocycles. The van der Waals surface area contributed by atoms with Crippen LogP contribution in [0.1, 0.15) is 0 Å². The van der Waals surface area contributed by atoms with Gasteiger partial charge in [0.15, 0.2) is 0 Å². The van der Waals surface area contributed by atoms with Gasteiger partial charge in [0.1, 0.15) is 13.8 Å². The van der Waals surface area contributed by atoms with Gasteiger partial charge in [-0.3, -0.25) is 0 Å². The van der Waals surface area contributed by atoms with E-state index in [2.05, 4.69) is 11.7 Å². The second-order valence-corrected chi connectivity index (χ2v) is 2.26. The van der Waals surface area contributed by atoms with E-state index in [1.807, 2.05) is 26.0 Å². The van der Waals surface area contributed by atoms with Gasteiger partial charge >= 0.3 is 0 Å². The minimum absolute atomic E-state index is 0.651. The van der Waals surface area contributed by atoms with Gasteiger partial charge in [-0.05, 0) is 0 Å². The maximum atomic E-state index is 4.03. The Balaban J connectivity index is 3.36. The van der Waals surface area contributed by atoms with Gasteiger partial charge in [0.05, 0.1) is 6.34 Å². The molecular formula is C6H14N3+.